The largest absolute Gasteiger partial charge is 0.487 e. The van der Waals surface area contributed by atoms with Crippen LogP contribution in [0.25, 0.3) is 0 Å². The summed E-state index contributed by atoms with van der Waals surface area (Å²) in [5.41, 5.74) is 2.04. The standard InChI is InChI=1S/C37H38FN3O8S/c1-2-20-48-37(45)39-50(46,47)41(24-32(42)43)35-31(49-25-28-16-10-5-11-17-28)21-29-18-19-30(36(44)33(29)34(35)38)40(22-26-12-6-3-7-13-26)23-27-14-8-4-9-15-27/h2-17,21,30,36,44H,1,18-20,22-25H2,(H,39,45)(H,42,43)/t30-,36+/m1/s1. The van der Waals surface area contributed by atoms with E-state index >= 15 is 4.39 Å². The fraction of sp³-hybridized carbons (Fsp3) is 0.243. The first-order valence-corrected chi connectivity index (χ1v) is 17.3. The Morgan fingerprint density at radius 1 is 0.940 bits per heavy atom. The van der Waals surface area contributed by atoms with Crippen molar-refractivity contribution in [3.05, 3.63) is 143 Å². The van der Waals surface area contributed by atoms with Crippen LogP contribution in [0.3, 0.4) is 0 Å². The van der Waals surface area contributed by atoms with E-state index in [1.54, 1.807) is 35.1 Å². The van der Waals surface area contributed by atoms with Gasteiger partial charge in [0.1, 0.15) is 31.2 Å². The molecule has 0 fully saturated rings. The van der Waals surface area contributed by atoms with Crippen molar-refractivity contribution in [2.75, 3.05) is 17.5 Å². The predicted molar refractivity (Wildman–Crippen MR) is 185 cm³/mol. The Hall–Kier alpha value is -5.24. The van der Waals surface area contributed by atoms with Crippen molar-refractivity contribution in [2.45, 2.75) is 44.7 Å². The van der Waals surface area contributed by atoms with E-state index in [-0.39, 0.29) is 28.8 Å². The second-order valence-corrected chi connectivity index (χ2v) is 13.3. The molecule has 0 radical (unpaired) electrons. The molecule has 0 bridgehead atoms. The Morgan fingerprint density at radius 2 is 1.50 bits per heavy atom. The third-order valence-corrected chi connectivity index (χ3v) is 9.54. The minimum absolute atomic E-state index is 0.116. The van der Waals surface area contributed by atoms with Crippen molar-refractivity contribution in [3.63, 3.8) is 0 Å². The summed E-state index contributed by atoms with van der Waals surface area (Å²) < 4.78 is 56.8. The van der Waals surface area contributed by atoms with E-state index in [2.05, 4.69) is 6.58 Å². The quantitative estimate of drug-likeness (QED) is 0.137. The lowest BCUT2D eigenvalue weighted by atomic mass is 9.83. The van der Waals surface area contributed by atoms with E-state index in [1.165, 1.54) is 12.1 Å². The molecule has 0 saturated heterocycles. The Bertz CT molecular complexity index is 1860. The van der Waals surface area contributed by atoms with Gasteiger partial charge in [-0.3, -0.25) is 9.69 Å². The number of aryl methyl sites for hydroxylation is 1. The molecule has 1 aliphatic carbocycles. The highest BCUT2D eigenvalue weighted by Gasteiger charge is 2.40. The number of fused-ring (bicyclic) bond motifs is 1. The first-order valence-electron chi connectivity index (χ1n) is 15.9. The third-order valence-electron chi connectivity index (χ3n) is 8.22. The summed E-state index contributed by atoms with van der Waals surface area (Å²) in [4.78, 5) is 26.4. The Kier molecular flexibility index (Phi) is 11.9. The first-order chi connectivity index (χ1) is 24.1. The predicted octanol–water partition coefficient (Wildman–Crippen LogP) is 5.50. The van der Waals surface area contributed by atoms with Crippen LogP contribution in [0.5, 0.6) is 5.75 Å². The van der Waals surface area contributed by atoms with Gasteiger partial charge in [-0.1, -0.05) is 104 Å². The van der Waals surface area contributed by atoms with Crippen molar-refractivity contribution in [3.8, 4) is 5.75 Å². The molecular formula is C37H38FN3O8S. The van der Waals surface area contributed by atoms with E-state index in [0.717, 1.165) is 11.1 Å². The molecule has 50 heavy (non-hydrogen) atoms. The van der Waals surface area contributed by atoms with Gasteiger partial charge in [0.15, 0.2) is 5.82 Å². The number of aliphatic hydroxyl groups excluding tert-OH is 1. The van der Waals surface area contributed by atoms with Crippen molar-refractivity contribution in [1.29, 1.82) is 0 Å². The normalized spacial score (nSPS) is 15.5. The van der Waals surface area contributed by atoms with E-state index in [0.29, 0.717) is 37.1 Å². The van der Waals surface area contributed by atoms with Crippen LogP contribution in [0.4, 0.5) is 14.9 Å². The molecule has 4 aromatic carbocycles. The van der Waals surface area contributed by atoms with Gasteiger partial charge in [0.2, 0.25) is 0 Å². The van der Waals surface area contributed by atoms with Gasteiger partial charge in [-0.15, -0.1) is 0 Å². The van der Waals surface area contributed by atoms with Crippen molar-refractivity contribution >= 4 is 28.0 Å². The summed E-state index contributed by atoms with van der Waals surface area (Å²) in [6, 6.07) is 28.9. The second-order valence-electron chi connectivity index (χ2n) is 11.7. The number of aliphatic carboxylic acids is 1. The van der Waals surface area contributed by atoms with Gasteiger partial charge < -0.3 is 19.7 Å². The number of rotatable bonds is 15. The van der Waals surface area contributed by atoms with Gasteiger partial charge in [0.05, 0.1) is 6.10 Å². The highest BCUT2D eigenvalue weighted by Crippen LogP contribution is 2.44. The zero-order valence-corrected chi connectivity index (χ0v) is 28.0. The van der Waals surface area contributed by atoms with Crippen molar-refractivity contribution in [1.82, 2.24) is 9.62 Å². The third kappa shape index (κ3) is 8.86. The van der Waals surface area contributed by atoms with Crippen LogP contribution >= 0.6 is 0 Å². The number of carbonyl (C=O) groups is 2. The molecule has 3 N–H and O–H groups in total. The Labute approximate surface area is 290 Å². The summed E-state index contributed by atoms with van der Waals surface area (Å²) in [7, 11) is -5.10. The lowest BCUT2D eigenvalue weighted by Gasteiger charge is -2.40. The van der Waals surface area contributed by atoms with Crippen LogP contribution in [0, 0.1) is 5.82 Å². The number of carboxylic acid groups (broad SMARTS) is 1. The summed E-state index contributed by atoms with van der Waals surface area (Å²) in [5.74, 6) is -3.11. The van der Waals surface area contributed by atoms with Crippen LogP contribution in [-0.4, -0.2) is 54.8 Å². The highest BCUT2D eigenvalue weighted by atomic mass is 32.2. The number of hydrogen-bond acceptors (Lipinski definition) is 8. The van der Waals surface area contributed by atoms with E-state index in [9.17, 15) is 28.2 Å². The molecule has 0 unspecified atom stereocenters. The fourth-order valence-corrected chi connectivity index (χ4v) is 7.05. The van der Waals surface area contributed by atoms with E-state index < -0.39 is 52.5 Å². The SMILES string of the molecule is C=CCOC(=O)NS(=O)(=O)N(CC(=O)O)c1c(OCc2ccccc2)cc2c(c1F)[C@@H](O)[C@H](N(Cc1ccccc1)Cc1ccccc1)CC2. The molecule has 0 aliphatic heterocycles. The molecule has 11 nitrogen and oxygen atoms in total. The average molecular weight is 704 g/mol. The van der Waals surface area contributed by atoms with Gasteiger partial charge in [-0.05, 0) is 41.2 Å². The molecule has 262 valence electrons. The molecular weight excluding hydrogens is 665 g/mol. The molecule has 0 saturated carbocycles. The molecule has 4 aromatic rings. The molecule has 1 amide bonds. The molecule has 0 heterocycles. The lowest BCUT2D eigenvalue weighted by Crippen LogP contribution is -2.47. The van der Waals surface area contributed by atoms with Crippen LogP contribution < -0.4 is 13.8 Å². The number of benzene rings is 4. The Balaban J connectivity index is 1.60. The first kappa shape index (κ1) is 36.1. The maximum Gasteiger partial charge on any atom is 0.422 e. The van der Waals surface area contributed by atoms with E-state index in [4.69, 9.17) is 9.47 Å². The van der Waals surface area contributed by atoms with Gasteiger partial charge in [0, 0.05) is 24.7 Å². The zero-order chi connectivity index (χ0) is 35.7. The minimum atomic E-state index is -5.10. The molecule has 2 atom stereocenters. The number of hydrogen-bond donors (Lipinski definition) is 3. The smallest absolute Gasteiger partial charge is 0.422 e. The number of ether oxygens (including phenoxy) is 2. The second kappa shape index (κ2) is 16.4. The molecule has 13 heteroatoms. The monoisotopic (exact) mass is 703 g/mol. The number of carbonyl (C=O) groups excluding carboxylic acids is 1. The number of carboxylic acids is 1. The van der Waals surface area contributed by atoms with Crippen molar-refractivity contribution in [2.24, 2.45) is 0 Å². The van der Waals surface area contributed by atoms with Crippen LogP contribution in [0.1, 0.15) is 40.3 Å². The maximum atomic E-state index is 17.1. The van der Waals surface area contributed by atoms with Crippen LogP contribution in [0.15, 0.2) is 110 Å². The summed E-state index contributed by atoms with van der Waals surface area (Å²) in [6.45, 7) is 2.51. The number of amides is 1. The summed E-state index contributed by atoms with van der Waals surface area (Å²) >= 11 is 0. The Morgan fingerprint density at radius 3 is 2.04 bits per heavy atom. The van der Waals surface area contributed by atoms with Gasteiger partial charge in [-0.2, -0.15) is 8.42 Å². The van der Waals surface area contributed by atoms with Gasteiger partial charge in [0.25, 0.3) is 0 Å². The number of nitrogens with zero attached hydrogens (tertiary/aromatic N) is 2. The van der Waals surface area contributed by atoms with Crippen LogP contribution in [-0.2, 0) is 45.9 Å². The molecule has 1 aliphatic rings. The topological polar surface area (TPSA) is 146 Å². The molecule has 0 aromatic heterocycles. The number of nitrogens with one attached hydrogen (secondary N) is 1. The molecule has 5 rings (SSSR count). The minimum Gasteiger partial charge on any atom is -0.487 e. The molecule has 0 spiro atoms. The number of anilines is 1. The van der Waals surface area contributed by atoms with Gasteiger partial charge >= 0.3 is 22.3 Å². The van der Waals surface area contributed by atoms with Crippen LogP contribution in [0.2, 0.25) is 0 Å². The number of aliphatic hydroxyl groups is 1. The van der Waals surface area contributed by atoms with Crippen molar-refractivity contribution < 1.29 is 42.1 Å². The van der Waals surface area contributed by atoms with Gasteiger partial charge in [-0.25, -0.2) is 18.2 Å². The lowest BCUT2D eigenvalue weighted by molar-refractivity contribution is -0.135. The maximum absolute atomic E-state index is 17.1. The number of halogens is 1. The summed E-state index contributed by atoms with van der Waals surface area (Å²) in [6.07, 6.45) is -0.945. The zero-order valence-electron chi connectivity index (χ0n) is 27.2. The van der Waals surface area contributed by atoms with E-state index in [1.807, 2.05) is 65.6 Å². The fourth-order valence-electron chi connectivity index (χ4n) is 5.98. The highest BCUT2D eigenvalue weighted by molar-refractivity contribution is 7.91. The summed E-state index contributed by atoms with van der Waals surface area (Å²) in [5, 5.41) is 21.7. The average Bonchev–Trinajstić information content (AvgIpc) is 3.10.